The average Bonchev–Trinajstić information content (AvgIpc) is 2.35. The molecule has 0 fully saturated rings. The molecule has 0 saturated carbocycles. The van der Waals surface area contributed by atoms with Gasteiger partial charge in [0.2, 0.25) is 0 Å². The lowest BCUT2D eigenvalue weighted by atomic mass is 10.0. The number of rotatable bonds is 2. The third kappa shape index (κ3) is 2.59. The summed E-state index contributed by atoms with van der Waals surface area (Å²) in [5, 5.41) is 1.28. The minimum atomic E-state index is 0.372. The van der Waals surface area contributed by atoms with Gasteiger partial charge in [0.15, 0.2) is 0 Å². The molecule has 0 heterocycles. The van der Waals surface area contributed by atoms with Gasteiger partial charge in [0.25, 0.3) is 0 Å². The van der Waals surface area contributed by atoms with E-state index in [0.717, 1.165) is 22.4 Å². The number of ether oxygens (including phenoxy) is 1. The van der Waals surface area contributed by atoms with E-state index in [0.29, 0.717) is 15.1 Å². The lowest BCUT2D eigenvalue weighted by Crippen LogP contribution is -1.87. The van der Waals surface area contributed by atoms with Crippen molar-refractivity contribution in [2.75, 3.05) is 7.11 Å². The first-order valence-corrected chi connectivity index (χ1v) is 6.46. The zero-order valence-corrected chi connectivity index (χ0v) is 12.2. The second-order valence-corrected chi connectivity index (χ2v) is 5.12. The molecule has 0 spiro atoms. The first-order chi connectivity index (χ1) is 8.52. The van der Waals surface area contributed by atoms with Gasteiger partial charge in [0, 0.05) is 5.56 Å². The SMILES string of the molecule is COc1cc(C)cc(-c2ccc(Cl)c(Cl)c2Cl)c1. The van der Waals surface area contributed by atoms with Gasteiger partial charge < -0.3 is 4.74 Å². The topological polar surface area (TPSA) is 9.23 Å². The Morgan fingerprint density at radius 3 is 2.33 bits per heavy atom. The highest BCUT2D eigenvalue weighted by Crippen LogP contribution is 2.39. The normalized spacial score (nSPS) is 10.5. The Kier molecular flexibility index (Phi) is 4.06. The zero-order chi connectivity index (χ0) is 13.3. The van der Waals surface area contributed by atoms with Gasteiger partial charge in [0.05, 0.1) is 22.2 Å². The molecule has 94 valence electrons. The van der Waals surface area contributed by atoms with E-state index in [4.69, 9.17) is 39.5 Å². The average molecular weight is 302 g/mol. The highest BCUT2D eigenvalue weighted by Gasteiger charge is 2.11. The van der Waals surface area contributed by atoms with Crippen LogP contribution in [0.25, 0.3) is 11.1 Å². The van der Waals surface area contributed by atoms with Crippen LogP contribution in [0, 0.1) is 6.92 Å². The van der Waals surface area contributed by atoms with E-state index in [1.807, 2.05) is 31.2 Å². The Hall–Kier alpha value is -0.890. The highest BCUT2D eigenvalue weighted by molar-refractivity contribution is 6.49. The van der Waals surface area contributed by atoms with Gasteiger partial charge in [-0.1, -0.05) is 46.9 Å². The van der Waals surface area contributed by atoms with Gasteiger partial charge in [-0.25, -0.2) is 0 Å². The number of halogens is 3. The van der Waals surface area contributed by atoms with Crippen LogP contribution in [0.5, 0.6) is 5.75 Å². The van der Waals surface area contributed by atoms with Crippen molar-refractivity contribution in [3.8, 4) is 16.9 Å². The van der Waals surface area contributed by atoms with Gasteiger partial charge >= 0.3 is 0 Å². The maximum absolute atomic E-state index is 6.22. The monoisotopic (exact) mass is 300 g/mol. The summed E-state index contributed by atoms with van der Waals surface area (Å²) in [5.41, 5.74) is 2.88. The van der Waals surface area contributed by atoms with Crippen LogP contribution in [0.4, 0.5) is 0 Å². The zero-order valence-electron chi connectivity index (χ0n) is 9.93. The minimum Gasteiger partial charge on any atom is -0.497 e. The van der Waals surface area contributed by atoms with E-state index >= 15 is 0 Å². The quantitative estimate of drug-likeness (QED) is 0.653. The molecule has 2 aromatic rings. The second-order valence-electron chi connectivity index (χ2n) is 3.96. The largest absolute Gasteiger partial charge is 0.497 e. The molecule has 2 rings (SSSR count). The smallest absolute Gasteiger partial charge is 0.119 e. The third-order valence-electron chi connectivity index (χ3n) is 2.63. The summed E-state index contributed by atoms with van der Waals surface area (Å²) in [5.74, 6) is 0.784. The van der Waals surface area contributed by atoms with Crippen molar-refractivity contribution in [2.45, 2.75) is 6.92 Å². The molecule has 1 nitrogen and oxygen atoms in total. The number of hydrogen-bond acceptors (Lipinski definition) is 1. The van der Waals surface area contributed by atoms with Gasteiger partial charge in [-0.05, 0) is 36.2 Å². The van der Waals surface area contributed by atoms with Crippen LogP contribution < -0.4 is 4.74 Å². The lowest BCUT2D eigenvalue weighted by Gasteiger charge is -2.10. The Morgan fingerprint density at radius 1 is 0.944 bits per heavy atom. The number of aryl methyl sites for hydroxylation is 1. The fourth-order valence-corrected chi connectivity index (χ4v) is 2.41. The van der Waals surface area contributed by atoms with E-state index < -0.39 is 0 Å². The molecule has 0 saturated heterocycles. The van der Waals surface area contributed by atoms with Crippen LogP contribution in [0.1, 0.15) is 5.56 Å². The predicted octanol–water partition coefficient (Wildman–Crippen LogP) is 5.63. The first-order valence-electron chi connectivity index (χ1n) is 5.32. The van der Waals surface area contributed by atoms with Crippen molar-refractivity contribution in [3.63, 3.8) is 0 Å². The fraction of sp³-hybridized carbons (Fsp3) is 0.143. The summed E-state index contributed by atoms with van der Waals surface area (Å²) in [4.78, 5) is 0. The Balaban J connectivity index is 2.62. The van der Waals surface area contributed by atoms with Crippen LogP contribution in [-0.2, 0) is 0 Å². The van der Waals surface area contributed by atoms with Gasteiger partial charge in [-0.3, -0.25) is 0 Å². The van der Waals surface area contributed by atoms with Gasteiger partial charge in [-0.15, -0.1) is 0 Å². The summed E-state index contributed by atoms with van der Waals surface area (Å²) in [6.07, 6.45) is 0. The Morgan fingerprint density at radius 2 is 1.67 bits per heavy atom. The molecule has 0 unspecified atom stereocenters. The van der Waals surface area contributed by atoms with Crippen molar-refractivity contribution >= 4 is 34.8 Å². The first kappa shape index (κ1) is 13.5. The molecule has 18 heavy (non-hydrogen) atoms. The number of hydrogen-bond donors (Lipinski definition) is 0. The molecule has 0 radical (unpaired) electrons. The fourth-order valence-electron chi connectivity index (χ4n) is 1.77. The van der Waals surface area contributed by atoms with Crippen LogP contribution in [-0.4, -0.2) is 7.11 Å². The van der Waals surface area contributed by atoms with Crippen LogP contribution >= 0.6 is 34.8 Å². The maximum Gasteiger partial charge on any atom is 0.119 e. The summed E-state index contributed by atoms with van der Waals surface area (Å²) in [7, 11) is 1.63. The standard InChI is InChI=1S/C14H11Cl3O/c1-8-5-9(7-10(6-8)18-2)11-3-4-12(15)14(17)13(11)16/h3-7H,1-2H3. The summed E-state index contributed by atoms with van der Waals surface area (Å²) in [6.45, 7) is 2.00. The minimum absolute atomic E-state index is 0.372. The molecule has 0 aromatic heterocycles. The maximum atomic E-state index is 6.22. The molecule has 0 aliphatic rings. The Labute approximate surface area is 121 Å². The van der Waals surface area contributed by atoms with E-state index in [-0.39, 0.29) is 0 Å². The molecule has 0 bridgehead atoms. The number of methoxy groups -OCH3 is 1. The molecule has 0 N–H and O–H groups in total. The molecule has 0 aliphatic carbocycles. The summed E-state index contributed by atoms with van der Waals surface area (Å²) < 4.78 is 5.25. The molecule has 0 atom stereocenters. The molecule has 4 heteroatoms. The van der Waals surface area contributed by atoms with Crippen molar-refractivity contribution in [1.29, 1.82) is 0 Å². The van der Waals surface area contributed by atoms with E-state index in [1.165, 1.54) is 0 Å². The molecule has 0 aliphatic heterocycles. The summed E-state index contributed by atoms with van der Waals surface area (Å²) >= 11 is 18.2. The van der Waals surface area contributed by atoms with Crippen molar-refractivity contribution in [2.24, 2.45) is 0 Å². The molecule has 2 aromatic carbocycles. The van der Waals surface area contributed by atoms with Gasteiger partial charge in [-0.2, -0.15) is 0 Å². The third-order valence-corrected chi connectivity index (χ3v) is 3.93. The van der Waals surface area contributed by atoms with Crippen LogP contribution in [0.2, 0.25) is 15.1 Å². The molecular formula is C14H11Cl3O. The molecular weight excluding hydrogens is 291 g/mol. The van der Waals surface area contributed by atoms with Crippen molar-refractivity contribution < 1.29 is 4.74 Å². The van der Waals surface area contributed by atoms with Crippen molar-refractivity contribution in [1.82, 2.24) is 0 Å². The van der Waals surface area contributed by atoms with E-state index in [2.05, 4.69) is 0 Å². The van der Waals surface area contributed by atoms with Crippen molar-refractivity contribution in [3.05, 3.63) is 51.0 Å². The number of benzene rings is 2. The summed E-state index contributed by atoms with van der Waals surface area (Å²) in [6, 6.07) is 9.48. The van der Waals surface area contributed by atoms with E-state index in [1.54, 1.807) is 13.2 Å². The lowest BCUT2D eigenvalue weighted by molar-refractivity contribution is 0.414. The van der Waals surface area contributed by atoms with Crippen LogP contribution in [0.3, 0.4) is 0 Å². The Bertz CT molecular complexity index is 594. The highest BCUT2D eigenvalue weighted by atomic mass is 35.5. The predicted molar refractivity (Wildman–Crippen MR) is 78.2 cm³/mol. The van der Waals surface area contributed by atoms with E-state index in [9.17, 15) is 0 Å². The second kappa shape index (κ2) is 5.40. The molecule has 0 amide bonds. The van der Waals surface area contributed by atoms with Gasteiger partial charge in [0.1, 0.15) is 5.75 Å². The van der Waals surface area contributed by atoms with Crippen LogP contribution in [0.15, 0.2) is 30.3 Å².